The van der Waals surface area contributed by atoms with Crippen LogP contribution in [0.2, 0.25) is 5.02 Å². The molecule has 2 atom stereocenters. The minimum atomic E-state index is -0.305. The van der Waals surface area contributed by atoms with Gasteiger partial charge in [0.1, 0.15) is 11.8 Å². The van der Waals surface area contributed by atoms with Crippen molar-refractivity contribution in [2.75, 3.05) is 39.5 Å². The first kappa shape index (κ1) is 24.9. The summed E-state index contributed by atoms with van der Waals surface area (Å²) in [6, 6.07) is 13.6. The lowest BCUT2D eigenvalue weighted by atomic mass is 9.92. The normalized spacial score (nSPS) is 19.4. The Bertz CT molecular complexity index is 1170. The van der Waals surface area contributed by atoms with Gasteiger partial charge in [-0.25, -0.2) is 4.79 Å². The van der Waals surface area contributed by atoms with E-state index in [-0.39, 0.29) is 12.1 Å². The van der Waals surface area contributed by atoms with Crippen LogP contribution < -0.4 is 10.1 Å². The molecule has 7 nitrogen and oxygen atoms in total. The van der Waals surface area contributed by atoms with Crippen molar-refractivity contribution in [1.29, 1.82) is 0 Å². The molecule has 36 heavy (non-hydrogen) atoms. The summed E-state index contributed by atoms with van der Waals surface area (Å²) in [5.74, 6) is 0.819. The Balaban J connectivity index is 1.27. The minimum absolute atomic E-state index is 0.268. The number of nitrogens with one attached hydrogen (secondary N) is 2. The van der Waals surface area contributed by atoms with Crippen molar-refractivity contribution in [3.8, 4) is 5.75 Å². The third-order valence-electron chi connectivity index (χ3n) is 6.95. The average Bonchev–Trinajstić information content (AvgIpc) is 3.54. The van der Waals surface area contributed by atoms with Gasteiger partial charge in [-0.15, -0.1) is 0 Å². The number of rotatable bonds is 9. The highest BCUT2D eigenvalue weighted by Crippen LogP contribution is 2.39. The molecule has 1 amide bonds. The van der Waals surface area contributed by atoms with E-state index in [0.717, 1.165) is 66.9 Å². The molecule has 0 aliphatic carbocycles. The van der Waals surface area contributed by atoms with Crippen LogP contribution in [0.5, 0.6) is 5.75 Å². The second-order valence-electron chi connectivity index (χ2n) is 9.36. The highest BCUT2D eigenvalue weighted by atomic mass is 35.5. The lowest BCUT2D eigenvalue weighted by Crippen LogP contribution is -2.40. The van der Waals surface area contributed by atoms with Crippen molar-refractivity contribution in [3.63, 3.8) is 0 Å². The van der Waals surface area contributed by atoms with Gasteiger partial charge >= 0.3 is 6.09 Å². The first-order chi connectivity index (χ1) is 17.6. The molecule has 3 aromatic rings. The van der Waals surface area contributed by atoms with Crippen LogP contribution in [0.4, 0.5) is 4.79 Å². The number of ether oxygens (including phenoxy) is 3. The molecule has 192 valence electrons. The number of carbonyl (C=O) groups excluding carboxylic acids is 1. The van der Waals surface area contributed by atoms with E-state index in [1.165, 1.54) is 12.0 Å². The summed E-state index contributed by atoms with van der Waals surface area (Å²) in [5, 5.41) is 5.27. The van der Waals surface area contributed by atoms with Crippen LogP contribution in [0.15, 0.2) is 42.5 Å². The highest BCUT2D eigenvalue weighted by Gasteiger charge is 2.35. The zero-order valence-corrected chi connectivity index (χ0v) is 21.5. The highest BCUT2D eigenvalue weighted by molar-refractivity contribution is 6.31. The third kappa shape index (κ3) is 5.48. The Hall–Kier alpha value is -2.74. The van der Waals surface area contributed by atoms with Crippen molar-refractivity contribution >= 4 is 28.6 Å². The molecule has 5 rings (SSSR count). The Morgan fingerprint density at radius 2 is 2.11 bits per heavy atom. The molecule has 0 bridgehead atoms. The van der Waals surface area contributed by atoms with Crippen LogP contribution in [-0.4, -0.2) is 61.5 Å². The van der Waals surface area contributed by atoms with E-state index >= 15 is 0 Å². The Morgan fingerprint density at radius 3 is 2.89 bits per heavy atom. The number of carbonyl (C=O) groups is 1. The maximum atomic E-state index is 12.9. The van der Waals surface area contributed by atoms with Crippen molar-refractivity contribution in [2.24, 2.45) is 0 Å². The number of benzene rings is 2. The quantitative estimate of drug-likeness (QED) is 0.373. The van der Waals surface area contributed by atoms with Gasteiger partial charge in [0.2, 0.25) is 0 Å². The van der Waals surface area contributed by atoms with Gasteiger partial charge in [0, 0.05) is 41.3 Å². The summed E-state index contributed by atoms with van der Waals surface area (Å²) in [5.41, 5.74) is 4.24. The molecule has 0 spiro atoms. The number of halogens is 1. The summed E-state index contributed by atoms with van der Waals surface area (Å²) < 4.78 is 17.0. The second kappa shape index (κ2) is 11.5. The number of hydrogen-bond acceptors (Lipinski definition) is 5. The summed E-state index contributed by atoms with van der Waals surface area (Å²) in [6.07, 6.45) is 4.04. The number of fused-ring (bicyclic) bond motifs is 3. The minimum Gasteiger partial charge on any atom is -0.494 e. The predicted octanol–water partition coefficient (Wildman–Crippen LogP) is 5.46. The standard InChI is InChI=1S/C28H34ClN3O4/c1-2-34-28(33)32-14-12-23-24-17-20(29)8-11-25(24)31-26(23)27(32)19-6-9-21(10-7-19)35-16-4-13-30-18-22-5-3-15-36-22/h6-11,17,22,27,30-31H,2-5,12-16,18H2,1H3/t22?,27-/m0/s1. The smallest absolute Gasteiger partial charge is 0.410 e. The number of amides is 1. The topological polar surface area (TPSA) is 75.8 Å². The van der Waals surface area contributed by atoms with Crippen molar-refractivity contribution in [2.45, 2.75) is 44.8 Å². The van der Waals surface area contributed by atoms with Crippen molar-refractivity contribution < 1.29 is 19.0 Å². The van der Waals surface area contributed by atoms with E-state index in [9.17, 15) is 4.79 Å². The molecule has 1 fully saturated rings. The van der Waals surface area contributed by atoms with Crippen molar-refractivity contribution in [1.82, 2.24) is 15.2 Å². The number of hydrogen-bond donors (Lipinski definition) is 2. The Morgan fingerprint density at radius 1 is 1.25 bits per heavy atom. The van der Waals surface area contributed by atoms with Crippen LogP contribution in [0.3, 0.4) is 0 Å². The van der Waals surface area contributed by atoms with Crippen LogP contribution in [0.25, 0.3) is 10.9 Å². The average molecular weight is 512 g/mol. The van der Waals surface area contributed by atoms with E-state index in [1.54, 1.807) is 4.90 Å². The molecule has 0 saturated carbocycles. The van der Waals surface area contributed by atoms with E-state index in [2.05, 4.69) is 10.3 Å². The number of H-pyrrole nitrogens is 1. The fourth-order valence-corrected chi connectivity index (χ4v) is 5.38. The largest absolute Gasteiger partial charge is 0.494 e. The van der Waals surface area contributed by atoms with Gasteiger partial charge in [-0.05, 0) is 80.6 Å². The molecule has 8 heteroatoms. The summed E-state index contributed by atoms with van der Waals surface area (Å²) in [4.78, 5) is 18.2. The maximum absolute atomic E-state index is 12.9. The van der Waals surface area contributed by atoms with E-state index in [4.69, 9.17) is 25.8 Å². The molecule has 2 N–H and O–H groups in total. The molecular weight excluding hydrogens is 478 g/mol. The third-order valence-corrected chi connectivity index (χ3v) is 7.18. The maximum Gasteiger partial charge on any atom is 0.410 e. The van der Waals surface area contributed by atoms with Crippen LogP contribution in [0.1, 0.15) is 49.0 Å². The molecule has 1 unspecified atom stereocenters. The molecule has 3 heterocycles. The van der Waals surface area contributed by atoms with Gasteiger partial charge in [-0.1, -0.05) is 23.7 Å². The second-order valence-corrected chi connectivity index (χ2v) is 9.80. The Kier molecular flexibility index (Phi) is 7.99. The predicted molar refractivity (Wildman–Crippen MR) is 141 cm³/mol. The fourth-order valence-electron chi connectivity index (χ4n) is 5.21. The van der Waals surface area contributed by atoms with Gasteiger partial charge in [-0.2, -0.15) is 0 Å². The summed E-state index contributed by atoms with van der Waals surface area (Å²) in [7, 11) is 0. The van der Waals surface area contributed by atoms with Gasteiger partial charge in [0.25, 0.3) is 0 Å². The number of aromatic amines is 1. The van der Waals surface area contributed by atoms with Crippen LogP contribution in [0, 0.1) is 0 Å². The first-order valence-corrected chi connectivity index (χ1v) is 13.3. The molecule has 1 aromatic heterocycles. The monoisotopic (exact) mass is 511 g/mol. The van der Waals surface area contributed by atoms with Crippen LogP contribution in [-0.2, 0) is 15.9 Å². The Labute approximate surface area is 217 Å². The SMILES string of the molecule is CCOC(=O)N1CCc2c([nH]c3ccc(Cl)cc23)[C@@H]1c1ccc(OCCCNCC2CCCO2)cc1. The van der Waals surface area contributed by atoms with Crippen molar-refractivity contribution in [3.05, 3.63) is 64.3 Å². The fraction of sp³-hybridized carbons (Fsp3) is 0.464. The van der Waals surface area contributed by atoms with E-state index < -0.39 is 0 Å². The number of aromatic nitrogens is 1. The first-order valence-electron chi connectivity index (χ1n) is 12.9. The lowest BCUT2D eigenvalue weighted by molar-refractivity contribution is 0.0932. The van der Waals surface area contributed by atoms with Gasteiger partial charge in [0.05, 0.1) is 19.3 Å². The summed E-state index contributed by atoms with van der Waals surface area (Å²) in [6.45, 7) is 6.09. The van der Waals surface area contributed by atoms with Gasteiger partial charge in [0.15, 0.2) is 0 Å². The number of nitrogens with zero attached hydrogens (tertiary/aromatic N) is 1. The zero-order chi connectivity index (χ0) is 24.9. The molecule has 2 aromatic carbocycles. The zero-order valence-electron chi connectivity index (χ0n) is 20.7. The van der Waals surface area contributed by atoms with Gasteiger partial charge < -0.3 is 24.5 Å². The van der Waals surface area contributed by atoms with Gasteiger partial charge in [-0.3, -0.25) is 4.90 Å². The summed E-state index contributed by atoms with van der Waals surface area (Å²) >= 11 is 6.29. The molecule has 2 aliphatic heterocycles. The van der Waals surface area contributed by atoms with E-state index in [0.29, 0.717) is 30.9 Å². The van der Waals surface area contributed by atoms with E-state index in [1.807, 2.05) is 49.4 Å². The molecule has 0 radical (unpaired) electrons. The molecular formula is C28H34ClN3O4. The van der Waals surface area contributed by atoms with Crippen LogP contribution >= 0.6 is 11.6 Å². The molecule has 2 aliphatic rings. The molecule has 1 saturated heterocycles. The lowest BCUT2D eigenvalue weighted by Gasteiger charge is -2.35.